The molecule has 0 saturated carbocycles. The topological polar surface area (TPSA) is 171 Å². The first kappa shape index (κ1) is 29.9. The Hall–Kier alpha value is -3.18. The highest BCUT2D eigenvalue weighted by molar-refractivity contribution is 6.38. The number of carboxylic acid groups (broad SMARTS) is 1. The van der Waals surface area contributed by atoms with Crippen LogP contribution in [0.2, 0.25) is 0 Å². The Labute approximate surface area is 205 Å². The van der Waals surface area contributed by atoms with Gasteiger partial charge < -0.3 is 30.7 Å². The number of hydrogen-bond acceptors (Lipinski definition) is 7. The number of carboxylic acids is 1. The minimum absolute atomic E-state index is 0.130. The SMILES string of the molecule is CCCC(NC(=O)[C@@H]1CCCN1C(=O)[C@@H](NC(=O)OCC(C)C)C(C)C)C(=O)C(=O)NCC(=O)O. The van der Waals surface area contributed by atoms with Crippen LogP contribution in [0.15, 0.2) is 0 Å². The molecule has 1 saturated heterocycles. The third-order valence-electron chi connectivity index (χ3n) is 5.43. The van der Waals surface area contributed by atoms with E-state index in [2.05, 4.69) is 10.6 Å². The van der Waals surface area contributed by atoms with E-state index < -0.39 is 60.2 Å². The van der Waals surface area contributed by atoms with Crippen LogP contribution in [0.5, 0.6) is 0 Å². The van der Waals surface area contributed by atoms with Crippen LogP contribution < -0.4 is 16.0 Å². The summed E-state index contributed by atoms with van der Waals surface area (Å²) < 4.78 is 5.12. The van der Waals surface area contributed by atoms with E-state index >= 15 is 0 Å². The van der Waals surface area contributed by atoms with E-state index in [1.807, 2.05) is 19.2 Å². The molecule has 4 N–H and O–H groups in total. The molecule has 0 aliphatic carbocycles. The second-order valence-corrected chi connectivity index (χ2v) is 9.34. The number of nitrogens with zero attached hydrogens (tertiary/aromatic N) is 1. The number of nitrogens with one attached hydrogen (secondary N) is 3. The third kappa shape index (κ3) is 9.53. The van der Waals surface area contributed by atoms with Gasteiger partial charge in [-0.3, -0.25) is 24.0 Å². The summed E-state index contributed by atoms with van der Waals surface area (Å²) in [6, 6.07) is -2.92. The van der Waals surface area contributed by atoms with Gasteiger partial charge in [-0.25, -0.2) is 4.79 Å². The molecule has 0 bridgehead atoms. The smallest absolute Gasteiger partial charge is 0.407 e. The van der Waals surface area contributed by atoms with Crippen molar-refractivity contribution in [2.45, 2.75) is 78.4 Å². The molecule has 0 aromatic heterocycles. The minimum Gasteiger partial charge on any atom is -0.480 e. The van der Waals surface area contributed by atoms with Gasteiger partial charge in [0.1, 0.15) is 18.6 Å². The maximum absolute atomic E-state index is 13.3. The zero-order valence-electron chi connectivity index (χ0n) is 21.1. The first-order chi connectivity index (χ1) is 16.4. The molecule has 0 aromatic rings. The average Bonchev–Trinajstić information content (AvgIpc) is 3.28. The molecular weight excluding hydrogens is 460 g/mol. The van der Waals surface area contributed by atoms with Gasteiger partial charge in [0, 0.05) is 6.54 Å². The summed E-state index contributed by atoms with van der Waals surface area (Å²) in [4.78, 5) is 75.0. The van der Waals surface area contributed by atoms with Gasteiger partial charge in [-0.15, -0.1) is 0 Å². The van der Waals surface area contributed by atoms with E-state index in [-0.39, 0.29) is 24.9 Å². The molecule has 12 heteroatoms. The van der Waals surface area contributed by atoms with Gasteiger partial charge in [0.05, 0.1) is 12.6 Å². The number of hydrogen-bond donors (Lipinski definition) is 4. The Morgan fingerprint density at radius 3 is 2.26 bits per heavy atom. The first-order valence-corrected chi connectivity index (χ1v) is 12.0. The number of aliphatic carboxylic acids is 1. The number of ether oxygens (including phenoxy) is 1. The van der Waals surface area contributed by atoms with Crippen LogP contribution in [0.3, 0.4) is 0 Å². The average molecular weight is 499 g/mol. The number of alkyl carbamates (subject to hydrolysis) is 1. The molecule has 3 atom stereocenters. The summed E-state index contributed by atoms with van der Waals surface area (Å²) in [6.07, 6.45) is 0.848. The van der Waals surface area contributed by atoms with Gasteiger partial charge in [0.25, 0.3) is 5.91 Å². The fourth-order valence-corrected chi connectivity index (χ4v) is 3.63. The van der Waals surface area contributed by atoms with Crippen LogP contribution in [-0.2, 0) is 28.7 Å². The summed E-state index contributed by atoms with van der Waals surface area (Å²) in [5.74, 6) is -4.52. The maximum atomic E-state index is 13.3. The fourth-order valence-electron chi connectivity index (χ4n) is 3.63. The monoisotopic (exact) mass is 498 g/mol. The van der Waals surface area contributed by atoms with Crippen molar-refractivity contribution >= 4 is 35.6 Å². The van der Waals surface area contributed by atoms with Crippen molar-refractivity contribution in [3.63, 3.8) is 0 Å². The Bertz CT molecular complexity index is 798. The summed E-state index contributed by atoms with van der Waals surface area (Å²) in [6.45, 7) is 8.86. The minimum atomic E-state index is -1.30. The Morgan fingerprint density at radius 1 is 1.06 bits per heavy atom. The zero-order valence-corrected chi connectivity index (χ0v) is 21.1. The van der Waals surface area contributed by atoms with Crippen molar-refractivity contribution in [3.8, 4) is 0 Å². The van der Waals surface area contributed by atoms with E-state index in [1.165, 1.54) is 4.90 Å². The van der Waals surface area contributed by atoms with Gasteiger partial charge >= 0.3 is 12.1 Å². The highest BCUT2D eigenvalue weighted by atomic mass is 16.5. The molecule has 198 valence electrons. The summed E-state index contributed by atoms with van der Waals surface area (Å²) in [5, 5.41) is 15.8. The molecule has 1 rings (SSSR count). The third-order valence-corrected chi connectivity index (χ3v) is 5.43. The lowest BCUT2D eigenvalue weighted by Crippen LogP contribution is -2.57. The summed E-state index contributed by atoms with van der Waals surface area (Å²) in [7, 11) is 0. The second kappa shape index (κ2) is 14.3. The Morgan fingerprint density at radius 2 is 1.71 bits per heavy atom. The van der Waals surface area contributed by atoms with Crippen LogP contribution in [0, 0.1) is 11.8 Å². The van der Waals surface area contributed by atoms with Crippen LogP contribution in [-0.4, -0.2) is 83.4 Å². The van der Waals surface area contributed by atoms with Crippen LogP contribution >= 0.6 is 0 Å². The van der Waals surface area contributed by atoms with E-state index in [4.69, 9.17) is 9.84 Å². The van der Waals surface area contributed by atoms with Gasteiger partial charge in [0.2, 0.25) is 17.6 Å². The highest BCUT2D eigenvalue weighted by Gasteiger charge is 2.40. The van der Waals surface area contributed by atoms with Crippen molar-refractivity contribution in [2.75, 3.05) is 19.7 Å². The number of carbonyl (C=O) groups excluding carboxylic acids is 5. The van der Waals surface area contributed by atoms with E-state index in [0.29, 0.717) is 25.8 Å². The maximum Gasteiger partial charge on any atom is 0.407 e. The lowest BCUT2D eigenvalue weighted by atomic mass is 10.0. The van der Waals surface area contributed by atoms with Crippen LogP contribution in [0.4, 0.5) is 4.79 Å². The van der Waals surface area contributed by atoms with Gasteiger partial charge in [0.15, 0.2) is 0 Å². The summed E-state index contributed by atoms with van der Waals surface area (Å²) >= 11 is 0. The lowest BCUT2D eigenvalue weighted by molar-refractivity contribution is -0.144. The highest BCUT2D eigenvalue weighted by Crippen LogP contribution is 2.21. The molecule has 1 unspecified atom stereocenters. The number of carbonyl (C=O) groups is 6. The molecule has 1 aliphatic rings. The normalized spacial score (nSPS) is 17.0. The number of amides is 4. The van der Waals surface area contributed by atoms with Crippen molar-refractivity contribution in [1.82, 2.24) is 20.9 Å². The Kier molecular flexibility index (Phi) is 12.2. The molecule has 0 spiro atoms. The number of Topliss-reactive ketones (excluding diaryl/α,β-unsaturated/α-hetero) is 1. The molecule has 1 fully saturated rings. The van der Waals surface area contributed by atoms with Gasteiger partial charge in [-0.05, 0) is 31.1 Å². The van der Waals surface area contributed by atoms with Crippen molar-refractivity contribution in [2.24, 2.45) is 11.8 Å². The molecule has 0 radical (unpaired) electrons. The van der Waals surface area contributed by atoms with Crippen LogP contribution in [0.1, 0.15) is 60.3 Å². The standard InChI is InChI=1S/C23H38N4O8/c1-6-8-15(19(30)21(32)24-11-17(28)29)25-20(31)16-9-7-10-27(16)22(33)18(14(4)5)26-23(34)35-12-13(2)3/h13-16,18H,6-12H2,1-5H3,(H,24,32)(H,25,31)(H,26,34)(H,28,29)/t15?,16-,18-/m0/s1. The largest absolute Gasteiger partial charge is 0.480 e. The molecule has 12 nitrogen and oxygen atoms in total. The Balaban J connectivity index is 2.90. The molecule has 35 heavy (non-hydrogen) atoms. The van der Waals surface area contributed by atoms with Crippen molar-refractivity contribution in [1.29, 1.82) is 0 Å². The zero-order chi connectivity index (χ0) is 26.7. The number of rotatable bonds is 13. The molecule has 4 amide bonds. The van der Waals surface area contributed by atoms with E-state index in [9.17, 15) is 28.8 Å². The number of likely N-dealkylation sites (tertiary alicyclic amines) is 1. The van der Waals surface area contributed by atoms with E-state index in [1.54, 1.807) is 20.8 Å². The van der Waals surface area contributed by atoms with Crippen molar-refractivity contribution < 1.29 is 38.6 Å². The summed E-state index contributed by atoms with van der Waals surface area (Å²) in [5.41, 5.74) is 0. The number of ketones is 1. The molecule has 1 heterocycles. The molecule has 0 aromatic carbocycles. The van der Waals surface area contributed by atoms with Gasteiger partial charge in [-0.2, -0.15) is 0 Å². The van der Waals surface area contributed by atoms with E-state index in [0.717, 1.165) is 0 Å². The second-order valence-electron chi connectivity index (χ2n) is 9.34. The van der Waals surface area contributed by atoms with Crippen molar-refractivity contribution in [3.05, 3.63) is 0 Å². The molecule has 1 aliphatic heterocycles. The van der Waals surface area contributed by atoms with Crippen LogP contribution in [0.25, 0.3) is 0 Å². The predicted molar refractivity (Wildman–Crippen MR) is 125 cm³/mol. The molecular formula is C23H38N4O8. The first-order valence-electron chi connectivity index (χ1n) is 12.0. The quantitative estimate of drug-likeness (QED) is 0.265. The predicted octanol–water partition coefficient (Wildman–Crippen LogP) is 0.439. The van der Waals surface area contributed by atoms with Gasteiger partial charge in [-0.1, -0.05) is 41.0 Å². The fraction of sp³-hybridized carbons (Fsp3) is 0.739. The lowest BCUT2D eigenvalue weighted by Gasteiger charge is -2.31.